The van der Waals surface area contributed by atoms with Crippen molar-refractivity contribution in [2.45, 2.75) is 54.4 Å². The molecule has 0 radical (unpaired) electrons. The van der Waals surface area contributed by atoms with E-state index >= 15 is 0 Å². The zero-order chi connectivity index (χ0) is 22.7. The van der Waals surface area contributed by atoms with Crippen molar-refractivity contribution in [1.82, 2.24) is 0 Å². The topological polar surface area (TPSA) is 37.4 Å². The molecule has 0 unspecified atom stereocenters. The van der Waals surface area contributed by atoms with E-state index in [2.05, 4.69) is 58.6 Å². The van der Waals surface area contributed by atoms with Crippen LogP contribution in [-0.2, 0) is 9.59 Å². The summed E-state index contributed by atoms with van der Waals surface area (Å²) >= 11 is 0. The van der Waals surface area contributed by atoms with E-state index in [0.717, 1.165) is 22.1 Å². The van der Waals surface area contributed by atoms with Gasteiger partial charge in [-0.1, -0.05) is 84.0 Å². The fourth-order valence-corrected chi connectivity index (χ4v) is 6.21. The highest BCUT2D eigenvalue weighted by molar-refractivity contribution is 7.95. The highest BCUT2D eigenvalue weighted by atomic mass is 31.1. The zero-order valence-electron chi connectivity index (χ0n) is 19.7. The summed E-state index contributed by atoms with van der Waals surface area (Å²) in [5, 5.41) is 0.880. The monoisotopic (exact) mass is 425 g/mol. The van der Waals surface area contributed by atoms with Crippen molar-refractivity contribution in [1.29, 1.82) is 0 Å². The molecule has 30 heavy (non-hydrogen) atoms. The predicted molar refractivity (Wildman–Crippen MR) is 131 cm³/mol. The van der Waals surface area contributed by atoms with E-state index in [-0.39, 0.29) is 21.9 Å². The van der Waals surface area contributed by atoms with E-state index in [4.69, 9.17) is 0 Å². The lowest BCUT2D eigenvalue weighted by atomic mass is 9.93. The van der Waals surface area contributed by atoms with Crippen LogP contribution in [0.2, 0.25) is 0 Å². The summed E-state index contributed by atoms with van der Waals surface area (Å²) in [6, 6.07) is 16.1. The van der Waals surface area contributed by atoms with Crippen LogP contribution in [0.5, 0.6) is 0 Å². The van der Waals surface area contributed by atoms with E-state index in [1.165, 1.54) is 0 Å². The van der Waals surface area contributed by atoms with Crippen LogP contribution in [0.3, 0.4) is 0 Å². The normalized spacial score (nSPS) is 12.2. The number of hydrogen-bond donors (Lipinski definition) is 0. The number of carbonyl (C=O) groups excluding carboxylic acids is 2. The molecular formula is C26H36NO2P. The van der Waals surface area contributed by atoms with Gasteiger partial charge in [0.25, 0.3) is 0 Å². The summed E-state index contributed by atoms with van der Waals surface area (Å²) in [6.45, 7) is 12.3. The molecule has 0 heterocycles. The predicted octanol–water partition coefficient (Wildman–Crippen LogP) is 6.45. The number of nitrogens with zero attached hydrogens (tertiary/aromatic N) is 1. The van der Waals surface area contributed by atoms with Gasteiger partial charge in [-0.3, -0.25) is 9.59 Å². The van der Waals surface area contributed by atoms with E-state index in [1.807, 2.05) is 50.5 Å². The molecule has 0 aliphatic rings. The lowest BCUT2D eigenvalue weighted by Crippen LogP contribution is -2.24. The molecule has 0 aromatic heterocycles. The summed E-state index contributed by atoms with van der Waals surface area (Å²) in [5.74, 6) is 0. The Bertz CT molecular complexity index is 876. The Hall–Kier alpha value is -1.99. The number of hydrogen-bond acceptors (Lipinski definition) is 3. The molecule has 0 bridgehead atoms. The molecule has 2 rings (SSSR count). The maximum atomic E-state index is 13.5. The van der Waals surface area contributed by atoms with Crippen LogP contribution in [-0.4, -0.2) is 25.1 Å². The van der Waals surface area contributed by atoms with Gasteiger partial charge in [-0.25, -0.2) is 0 Å². The van der Waals surface area contributed by atoms with Crippen molar-refractivity contribution in [2.75, 3.05) is 19.0 Å². The second-order valence-electron chi connectivity index (χ2n) is 10.5. The molecule has 0 saturated carbocycles. The Balaban J connectivity index is 2.66. The molecule has 4 heteroatoms. The molecule has 162 valence electrons. The molecule has 0 aliphatic heterocycles. The van der Waals surface area contributed by atoms with Gasteiger partial charge in [0.15, 0.2) is 11.0 Å². The smallest absolute Gasteiger partial charge is 0.166 e. The van der Waals surface area contributed by atoms with Crippen molar-refractivity contribution in [3.8, 4) is 11.1 Å². The Morgan fingerprint density at radius 3 is 1.63 bits per heavy atom. The summed E-state index contributed by atoms with van der Waals surface area (Å²) in [6.07, 6.45) is 0.802. The average Bonchev–Trinajstić information content (AvgIpc) is 2.59. The van der Waals surface area contributed by atoms with Crippen LogP contribution in [0, 0.1) is 10.8 Å². The standard InChI is InChI=1S/C26H36NO2P/c1-25(2,3)17-23(28)30(24(29)18-26(4,5)6)22-16-12-10-14-20(22)19-13-9-11-15-21(19)27(7)8/h9-16H,17-18H2,1-8H3. The first kappa shape index (κ1) is 24.3. The van der Waals surface area contributed by atoms with Crippen LogP contribution in [0.4, 0.5) is 5.69 Å². The fraction of sp³-hybridized carbons (Fsp3) is 0.462. The van der Waals surface area contributed by atoms with Gasteiger partial charge in [0.2, 0.25) is 0 Å². The first-order chi connectivity index (χ1) is 13.8. The van der Waals surface area contributed by atoms with Gasteiger partial charge in [0, 0.05) is 38.2 Å². The van der Waals surface area contributed by atoms with Crippen LogP contribution in [0.1, 0.15) is 54.4 Å². The van der Waals surface area contributed by atoms with Crippen LogP contribution in [0.25, 0.3) is 11.1 Å². The molecule has 0 N–H and O–H groups in total. The van der Waals surface area contributed by atoms with Crippen molar-refractivity contribution in [2.24, 2.45) is 10.8 Å². The summed E-state index contributed by atoms with van der Waals surface area (Å²) in [4.78, 5) is 29.0. The average molecular weight is 426 g/mol. The first-order valence-electron chi connectivity index (χ1n) is 10.5. The Morgan fingerprint density at radius 1 is 0.733 bits per heavy atom. The molecule has 0 atom stereocenters. The van der Waals surface area contributed by atoms with Crippen LogP contribution < -0.4 is 10.2 Å². The SMILES string of the molecule is CN(C)c1ccccc1-c1ccccc1P(C(=O)CC(C)(C)C)C(=O)CC(C)(C)C. The molecule has 3 nitrogen and oxygen atoms in total. The number of rotatable bonds is 7. The van der Waals surface area contributed by atoms with E-state index in [1.54, 1.807) is 0 Å². The molecule has 2 aromatic carbocycles. The number of carbonyl (C=O) groups is 2. The fourth-order valence-electron chi connectivity index (χ4n) is 3.46. The molecule has 0 amide bonds. The second-order valence-corrected chi connectivity index (χ2v) is 12.7. The van der Waals surface area contributed by atoms with Gasteiger partial charge in [-0.05, 0) is 27.8 Å². The first-order valence-corrected chi connectivity index (χ1v) is 11.9. The Morgan fingerprint density at radius 2 is 1.17 bits per heavy atom. The number of para-hydroxylation sites is 1. The minimum absolute atomic E-state index is 0.0709. The van der Waals surface area contributed by atoms with Crippen molar-refractivity contribution in [3.63, 3.8) is 0 Å². The summed E-state index contributed by atoms with van der Waals surface area (Å²) in [5.41, 5.74) is 2.94. The van der Waals surface area contributed by atoms with Gasteiger partial charge in [-0.15, -0.1) is 0 Å². The largest absolute Gasteiger partial charge is 0.377 e. The lowest BCUT2D eigenvalue weighted by Gasteiger charge is -2.27. The maximum absolute atomic E-state index is 13.5. The van der Waals surface area contributed by atoms with Gasteiger partial charge in [0.1, 0.15) is 0 Å². The number of benzene rings is 2. The van der Waals surface area contributed by atoms with Crippen molar-refractivity contribution in [3.05, 3.63) is 48.5 Å². The molecule has 0 saturated heterocycles. The molecule has 0 aliphatic carbocycles. The van der Waals surface area contributed by atoms with E-state index < -0.39 is 7.92 Å². The van der Waals surface area contributed by atoms with Crippen LogP contribution >= 0.6 is 7.92 Å². The summed E-state index contributed by atoms with van der Waals surface area (Å²) in [7, 11) is 2.45. The van der Waals surface area contributed by atoms with Crippen LogP contribution in [0.15, 0.2) is 48.5 Å². The maximum Gasteiger partial charge on any atom is 0.166 e. The van der Waals surface area contributed by atoms with Crippen molar-refractivity contribution < 1.29 is 9.59 Å². The van der Waals surface area contributed by atoms with Gasteiger partial charge in [0.05, 0.1) is 7.92 Å². The summed E-state index contributed by atoms with van der Waals surface area (Å²) < 4.78 is 0. The van der Waals surface area contributed by atoms with Gasteiger partial charge in [-0.2, -0.15) is 0 Å². The lowest BCUT2D eigenvalue weighted by molar-refractivity contribution is -0.115. The molecule has 0 fully saturated rings. The molecule has 0 spiro atoms. The second kappa shape index (κ2) is 9.43. The van der Waals surface area contributed by atoms with E-state index in [0.29, 0.717) is 12.8 Å². The number of anilines is 1. The third-order valence-corrected chi connectivity index (χ3v) is 6.87. The zero-order valence-corrected chi connectivity index (χ0v) is 20.6. The van der Waals surface area contributed by atoms with Crippen molar-refractivity contribution >= 4 is 30.0 Å². The van der Waals surface area contributed by atoms with Gasteiger partial charge < -0.3 is 4.90 Å². The highest BCUT2D eigenvalue weighted by Crippen LogP contribution is 2.47. The Labute approximate surface area is 183 Å². The Kier molecular flexibility index (Phi) is 7.64. The molecular weight excluding hydrogens is 389 g/mol. The minimum Gasteiger partial charge on any atom is -0.377 e. The quantitative estimate of drug-likeness (QED) is 0.478. The molecule has 2 aromatic rings. The van der Waals surface area contributed by atoms with E-state index in [9.17, 15) is 9.59 Å². The third kappa shape index (κ3) is 6.51. The van der Waals surface area contributed by atoms with Gasteiger partial charge >= 0.3 is 0 Å². The minimum atomic E-state index is -1.58. The third-order valence-electron chi connectivity index (χ3n) is 4.68. The highest BCUT2D eigenvalue weighted by Gasteiger charge is 2.34.